The number of aromatic nitrogens is 4. The average Bonchev–Trinajstić information content (AvgIpc) is 3.25. The number of carbonyl (C=O) groups is 1. The van der Waals surface area contributed by atoms with Gasteiger partial charge in [-0.25, -0.2) is 17.6 Å². The van der Waals surface area contributed by atoms with Gasteiger partial charge in [0, 0.05) is 24.8 Å². The first-order valence-corrected chi connectivity index (χ1v) is 8.92. The largest absolute Gasteiger partial charge is 0.312 e. The molecule has 2 heterocycles. The van der Waals surface area contributed by atoms with Crippen LogP contribution in [0.2, 0.25) is 0 Å². The number of carbonyl (C=O) groups excluding carboxylic acids is 1. The van der Waals surface area contributed by atoms with Gasteiger partial charge in [-0.15, -0.1) is 0 Å². The zero-order valence-electron chi connectivity index (χ0n) is 16.3. The average molecular weight is 440 g/mol. The zero-order valence-corrected chi connectivity index (χ0v) is 16.3. The number of benzene rings is 1. The number of hydrogen-bond acceptors (Lipinski definition) is 5. The summed E-state index contributed by atoms with van der Waals surface area (Å²) >= 11 is 0. The smallest absolute Gasteiger partial charge is 0.309 e. The van der Waals surface area contributed by atoms with Gasteiger partial charge in [-0.2, -0.15) is 10.2 Å². The Morgan fingerprint density at radius 3 is 2.39 bits per heavy atom. The monoisotopic (exact) mass is 440 g/mol. The highest BCUT2D eigenvalue weighted by atomic mass is 19.2. The van der Waals surface area contributed by atoms with Crippen LogP contribution < -0.4 is 5.32 Å². The zero-order chi connectivity index (χ0) is 22.9. The molecule has 0 aliphatic carbocycles. The van der Waals surface area contributed by atoms with E-state index in [1.54, 1.807) is 0 Å². The van der Waals surface area contributed by atoms with Crippen LogP contribution in [-0.4, -0.2) is 30.4 Å². The molecule has 0 saturated heterocycles. The second-order valence-electron chi connectivity index (χ2n) is 6.64. The highest BCUT2D eigenvalue weighted by Crippen LogP contribution is 2.22. The van der Waals surface area contributed by atoms with Crippen molar-refractivity contribution >= 4 is 17.4 Å². The molecule has 9 nitrogen and oxygen atoms in total. The van der Waals surface area contributed by atoms with Gasteiger partial charge in [-0.3, -0.25) is 24.3 Å². The Balaban J connectivity index is 1.64. The molecule has 0 spiro atoms. The van der Waals surface area contributed by atoms with Crippen molar-refractivity contribution in [2.75, 3.05) is 5.32 Å². The fraction of sp³-hybridized carbons (Fsp3) is 0.278. The van der Waals surface area contributed by atoms with Crippen LogP contribution in [-0.2, 0) is 17.9 Å². The molecule has 0 bridgehead atoms. The third kappa shape index (κ3) is 4.54. The van der Waals surface area contributed by atoms with Gasteiger partial charge in [0.15, 0.2) is 29.1 Å². The molecular formula is C18H16F4N6O3. The summed E-state index contributed by atoms with van der Waals surface area (Å²) in [5.74, 6) is -6.56. The lowest BCUT2D eigenvalue weighted by molar-refractivity contribution is -0.386. The Bertz CT molecular complexity index is 1150. The highest BCUT2D eigenvalue weighted by molar-refractivity contribution is 5.89. The molecule has 2 aromatic heterocycles. The van der Waals surface area contributed by atoms with Crippen molar-refractivity contribution in [3.05, 3.63) is 68.7 Å². The van der Waals surface area contributed by atoms with Crippen LogP contribution in [0.3, 0.4) is 0 Å². The standard InChI is InChI=1S/C18H16F4N6O3/c1-9-18(28(30)31)10(2)27(24-9)6-4-15(29)23-14-3-5-26(25-14)8-11-16(21)12(19)7-13(20)17(11)22/h3,5,7H,4,6,8H2,1-2H3,(H,23,25,29). The summed E-state index contributed by atoms with van der Waals surface area (Å²) in [6, 6.07) is 1.44. The van der Waals surface area contributed by atoms with Gasteiger partial charge in [-0.1, -0.05) is 0 Å². The quantitative estimate of drug-likeness (QED) is 0.263. The third-order valence-electron chi connectivity index (χ3n) is 4.51. The molecule has 1 N–H and O–H groups in total. The van der Waals surface area contributed by atoms with Crippen LogP contribution in [0, 0.1) is 47.2 Å². The lowest BCUT2D eigenvalue weighted by Crippen LogP contribution is -2.16. The van der Waals surface area contributed by atoms with E-state index in [1.165, 1.54) is 30.8 Å². The number of hydrogen-bond donors (Lipinski definition) is 1. The van der Waals surface area contributed by atoms with E-state index in [9.17, 15) is 32.5 Å². The van der Waals surface area contributed by atoms with Gasteiger partial charge >= 0.3 is 5.69 Å². The molecule has 31 heavy (non-hydrogen) atoms. The van der Waals surface area contributed by atoms with Crippen molar-refractivity contribution in [2.24, 2.45) is 0 Å². The number of nitro groups is 1. The molecule has 3 aromatic rings. The lowest BCUT2D eigenvalue weighted by atomic mass is 10.2. The first-order valence-electron chi connectivity index (χ1n) is 8.92. The van der Waals surface area contributed by atoms with Gasteiger partial charge in [0.25, 0.3) is 0 Å². The van der Waals surface area contributed by atoms with Crippen LogP contribution in [0.15, 0.2) is 18.3 Å². The minimum absolute atomic E-state index is 0.0436. The molecule has 0 aliphatic rings. The summed E-state index contributed by atoms with van der Waals surface area (Å²) in [7, 11) is 0. The topological polar surface area (TPSA) is 108 Å². The van der Waals surface area contributed by atoms with E-state index in [0.29, 0.717) is 5.69 Å². The molecule has 3 rings (SSSR count). The number of halogens is 4. The van der Waals surface area contributed by atoms with E-state index in [1.807, 2.05) is 0 Å². The minimum Gasteiger partial charge on any atom is -0.309 e. The van der Waals surface area contributed by atoms with Gasteiger partial charge in [0.1, 0.15) is 11.4 Å². The van der Waals surface area contributed by atoms with Crippen LogP contribution >= 0.6 is 0 Å². The van der Waals surface area contributed by atoms with Crippen molar-refractivity contribution < 1.29 is 27.3 Å². The highest BCUT2D eigenvalue weighted by Gasteiger charge is 2.22. The molecule has 0 fully saturated rings. The normalized spacial score (nSPS) is 11.0. The number of aryl methyl sites for hydroxylation is 2. The third-order valence-corrected chi connectivity index (χ3v) is 4.51. The summed E-state index contributed by atoms with van der Waals surface area (Å²) in [6.07, 6.45) is 1.19. The van der Waals surface area contributed by atoms with E-state index in [4.69, 9.17) is 0 Å². The molecule has 13 heteroatoms. The second-order valence-corrected chi connectivity index (χ2v) is 6.64. The van der Waals surface area contributed by atoms with Crippen molar-refractivity contribution in [2.45, 2.75) is 33.4 Å². The number of nitrogens with zero attached hydrogens (tertiary/aromatic N) is 5. The predicted octanol–water partition coefficient (Wildman–Crippen LogP) is 3.24. The molecule has 0 radical (unpaired) electrons. The molecular weight excluding hydrogens is 424 g/mol. The van der Waals surface area contributed by atoms with E-state index >= 15 is 0 Å². The number of nitrogens with one attached hydrogen (secondary N) is 1. The second kappa shape index (κ2) is 8.53. The Hall–Kier alpha value is -3.77. The molecule has 0 unspecified atom stereocenters. The van der Waals surface area contributed by atoms with Crippen molar-refractivity contribution in [3.63, 3.8) is 0 Å². The Morgan fingerprint density at radius 1 is 1.16 bits per heavy atom. The summed E-state index contributed by atoms with van der Waals surface area (Å²) in [5, 5.41) is 21.4. The van der Waals surface area contributed by atoms with Crippen molar-refractivity contribution in [1.29, 1.82) is 0 Å². The minimum atomic E-state index is -1.53. The number of anilines is 1. The summed E-state index contributed by atoms with van der Waals surface area (Å²) in [5.41, 5.74) is -0.419. The van der Waals surface area contributed by atoms with E-state index in [-0.39, 0.29) is 36.2 Å². The van der Waals surface area contributed by atoms with Gasteiger partial charge in [-0.05, 0) is 13.8 Å². The molecule has 1 aromatic carbocycles. The van der Waals surface area contributed by atoms with Crippen molar-refractivity contribution in [3.8, 4) is 0 Å². The van der Waals surface area contributed by atoms with E-state index < -0.39 is 46.2 Å². The SMILES string of the molecule is Cc1nn(CCC(=O)Nc2ccn(Cc3c(F)c(F)cc(F)c3F)n2)c(C)c1[N+](=O)[O-]. The van der Waals surface area contributed by atoms with Gasteiger partial charge in [0.2, 0.25) is 5.91 Å². The fourth-order valence-corrected chi connectivity index (χ4v) is 3.02. The Kier molecular flexibility index (Phi) is 6.04. The van der Waals surface area contributed by atoms with Gasteiger partial charge < -0.3 is 5.32 Å². The molecule has 1 amide bonds. The maximum atomic E-state index is 13.8. The Labute approximate surface area is 172 Å². The maximum Gasteiger partial charge on any atom is 0.312 e. The maximum absolute atomic E-state index is 13.8. The van der Waals surface area contributed by atoms with Crippen LogP contribution in [0.25, 0.3) is 0 Å². The molecule has 164 valence electrons. The Morgan fingerprint density at radius 2 is 1.81 bits per heavy atom. The fourth-order valence-electron chi connectivity index (χ4n) is 3.02. The summed E-state index contributed by atoms with van der Waals surface area (Å²) < 4.78 is 56.5. The van der Waals surface area contributed by atoms with Crippen LogP contribution in [0.5, 0.6) is 0 Å². The number of amides is 1. The van der Waals surface area contributed by atoms with E-state index in [2.05, 4.69) is 15.5 Å². The van der Waals surface area contributed by atoms with Crippen LogP contribution in [0.4, 0.5) is 29.1 Å². The van der Waals surface area contributed by atoms with E-state index in [0.717, 1.165) is 4.68 Å². The molecule has 0 atom stereocenters. The van der Waals surface area contributed by atoms with Crippen molar-refractivity contribution in [1.82, 2.24) is 19.6 Å². The first-order chi connectivity index (χ1) is 14.6. The molecule has 0 saturated carbocycles. The summed E-state index contributed by atoms with van der Waals surface area (Å²) in [6.45, 7) is 2.49. The first kappa shape index (κ1) is 21.9. The molecule has 0 aliphatic heterocycles. The van der Waals surface area contributed by atoms with Gasteiger partial charge in [0.05, 0.1) is 23.6 Å². The predicted molar refractivity (Wildman–Crippen MR) is 99.2 cm³/mol. The number of rotatable bonds is 7. The lowest BCUT2D eigenvalue weighted by Gasteiger charge is -2.07. The van der Waals surface area contributed by atoms with Crippen LogP contribution in [0.1, 0.15) is 23.4 Å². The summed E-state index contributed by atoms with van der Waals surface area (Å²) in [4.78, 5) is 22.6.